The molecular formula is C25H45N2O5S2Si. The summed E-state index contributed by atoms with van der Waals surface area (Å²) in [6.07, 6.45) is 1.25. The van der Waals surface area contributed by atoms with Gasteiger partial charge in [0.05, 0.1) is 0 Å². The molecule has 2 aromatic carbocycles. The van der Waals surface area contributed by atoms with Crippen molar-refractivity contribution in [2.45, 2.75) is 54.9 Å². The summed E-state index contributed by atoms with van der Waals surface area (Å²) in [4.78, 5) is 18.2. The van der Waals surface area contributed by atoms with Crippen LogP contribution in [0.15, 0.2) is 60.7 Å². The fraction of sp³-hybridized carbons (Fsp3) is 0.440. The summed E-state index contributed by atoms with van der Waals surface area (Å²) in [5, 5.41) is -1.28. The zero-order valence-corrected chi connectivity index (χ0v) is 25.0. The minimum absolute atomic E-state index is 0.639. The van der Waals surface area contributed by atoms with E-state index in [2.05, 4.69) is 88.7 Å². The van der Waals surface area contributed by atoms with Crippen LogP contribution in [-0.4, -0.2) is 39.8 Å². The SMILES string of the molecule is CCC.CCO[Si](OCC)OCC.Cc1ccccc1.Cc1ccccc1.NC(=O)S.NC(=O)S. The normalized spacial score (nSPS) is 8.51. The number of primary amides is 2. The molecule has 0 atom stereocenters. The van der Waals surface area contributed by atoms with Gasteiger partial charge in [-0.15, -0.1) is 0 Å². The topological polar surface area (TPSA) is 114 Å². The smallest absolute Gasteiger partial charge is 0.371 e. The van der Waals surface area contributed by atoms with E-state index < -0.39 is 20.0 Å². The lowest BCUT2D eigenvalue weighted by molar-refractivity contribution is 0.107. The summed E-state index contributed by atoms with van der Waals surface area (Å²) in [7, 11) is -1.40. The maximum absolute atomic E-state index is 9.09. The Labute approximate surface area is 225 Å². The van der Waals surface area contributed by atoms with Gasteiger partial charge in [0.25, 0.3) is 10.5 Å². The van der Waals surface area contributed by atoms with E-state index in [4.69, 9.17) is 22.9 Å². The average molecular weight is 546 g/mol. The van der Waals surface area contributed by atoms with Crippen molar-refractivity contribution in [2.75, 3.05) is 19.8 Å². The van der Waals surface area contributed by atoms with Crippen LogP contribution in [-0.2, 0) is 13.3 Å². The molecule has 0 saturated carbocycles. The Morgan fingerprint density at radius 1 is 0.657 bits per heavy atom. The maximum atomic E-state index is 9.09. The first kappa shape index (κ1) is 40.4. The van der Waals surface area contributed by atoms with Crippen LogP contribution in [0.2, 0.25) is 0 Å². The first-order valence-corrected chi connectivity index (χ1v) is 13.4. The van der Waals surface area contributed by atoms with E-state index in [1.807, 2.05) is 57.2 Å². The molecule has 0 unspecified atom stereocenters. The van der Waals surface area contributed by atoms with E-state index in [9.17, 15) is 0 Å². The lowest BCUT2D eigenvalue weighted by Gasteiger charge is -2.10. The predicted molar refractivity (Wildman–Crippen MR) is 156 cm³/mol. The van der Waals surface area contributed by atoms with E-state index in [0.717, 1.165) is 0 Å². The first-order chi connectivity index (χ1) is 16.5. The highest BCUT2D eigenvalue weighted by Gasteiger charge is 2.15. The lowest BCUT2D eigenvalue weighted by atomic mass is 10.2. The highest BCUT2D eigenvalue weighted by Crippen LogP contribution is 1.93. The molecule has 201 valence electrons. The van der Waals surface area contributed by atoms with Gasteiger partial charge in [0.1, 0.15) is 0 Å². The molecule has 2 rings (SSSR count). The predicted octanol–water partition coefficient (Wildman–Crippen LogP) is 6.48. The van der Waals surface area contributed by atoms with Gasteiger partial charge in [0.15, 0.2) is 0 Å². The van der Waals surface area contributed by atoms with Crippen molar-refractivity contribution >= 4 is 45.3 Å². The summed E-state index contributed by atoms with van der Waals surface area (Å²) in [6.45, 7) is 16.2. The van der Waals surface area contributed by atoms with E-state index in [1.165, 1.54) is 17.5 Å². The van der Waals surface area contributed by atoms with Gasteiger partial charge in [0, 0.05) is 19.8 Å². The minimum Gasteiger partial charge on any atom is -0.371 e. The quantitative estimate of drug-likeness (QED) is 0.245. The molecule has 0 bridgehead atoms. The van der Waals surface area contributed by atoms with Crippen LogP contribution in [0.3, 0.4) is 0 Å². The number of carbonyl (C=O) groups excluding carboxylic acids is 2. The average Bonchev–Trinajstić information content (AvgIpc) is 2.76. The summed E-state index contributed by atoms with van der Waals surface area (Å²) in [5.74, 6) is 0. The van der Waals surface area contributed by atoms with Crippen LogP contribution in [0, 0.1) is 13.8 Å². The van der Waals surface area contributed by atoms with Crippen LogP contribution in [0.4, 0.5) is 9.59 Å². The third-order valence-corrected chi connectivity index (χ3v) is 4.24. The van der Waals surface area contributed by atoms with E-state index in [-0.39, 0.29) is 0 Å². The van der Waals surface area contributed by atoms with Gasteiger partial charge in [-0.2, -0.15) is 0 Å². The minimum atomic E-state index is -1.40. The van der Waals surface area contributed by atoms with Crippen LogP contribution in [0.25, 0.3) is 0 Å². The monoisotopic (exact) mass is 545 g/mol. The number of benzene rings is 2. The molecule has 10 heteroatoms. The lowest BCUT2D eigenvalue weighted by Crippen LogP contribution is -2.27. The second-order valence-electron chi connectivity index (χ2n) is 6.24. The van der Waals surface area contributed by atoms with Gasteiger partial charge in [-0.05, 0) is 34.6 Å². The molecule has 35 heavy (non-hydrogen) atoms. The molecule has 0 heterocycles. The number of amides is 2. The van der Waals surface area contributed by atoms with Gasteiger partial charge in [-0.25, -0.2) is 0 Å². The van der Waals surface area contributed by atoms with Crippen LogP contribution in [0.1, 0.15) is 52.2 Å². The van der Waals surface area contributed by atoms with Crippen molar-refractivity contribution in [3.8, 4) is 0 Å². The number of hydrogen-bond donors (Lipinski definition) is 4. The van der Waals surface area contributed by atoms with Crippen LogP contribution < -0.4 is 11.5 Å². The summed E-state index contributed by atoms with van der Waals surface area (Å²) in [5.41, 5.74) is 11.3. The molecule has 7 nitrogen and oxygen atoms in total. The highest BCUT2D eigenvalue weighted by atomic mass is 32.1. The van der Waals surface area contributed by atoms with Crippen molar-refractivity contribution in [3.63, 3.8) is 0 Å². The molecule has 0 aromatic heterocycles. The molecule has 2 aromatic rings. The van der Waals surface area contributed by atoms with Crippen molar-refractivity contribution < 1.29 is 22.9 Å². The van der Waals surface area contributed by atoms with Gasteiger partial charge in [0.2, 0.25) is 0 Å². The number of rotatable bonds is 6. The Morgan fingerprint density at radius 2 is 0.857 bits per heavy atom. The molecule has 0 saturated heterocycles. The third-order valence-electron chi connectivity index (χ3n) is 2.67. The van der Waals surface area contributed by atoms with Gasteiger partial charge in [-0.3, -0.25) is 9.59 Å². The number of aryl methyl sites for hydroxylation is 2. The molecule has 0 spiro atoms. The molecule has 1 radical (unpaired) electrons. The molecule has 0 aliphatic rings. The first-order valence-electron chi connectivity index (χ1n) is 11.3. The summed E-state index contributed by atoms with van der Waals surface area (Å²) in [6, 6.07) is 20.5. The van der Waals surface area contributed by atoms with Crippen molar-refractivity contribution in [3.05, 3.63) is 71.8 Å². The Bertz CT molecular complexity index is 612. The number of carbonyl (C=O) groups is 2. The standard InChI is InChI=1S/2C7H8.C6H15O3Si.C3H8.2CH3NOS/c2*1-7-5-3-2-4-6-7;1-4-7-10(8-5-2)9-6-3;1-3-2;2*2-1(3)4/h2*2-6H,1H3;4-6H2,1-3H3;3H2,1-2H3;2*(H3,2,3,4). The molecule has 0 fully saturated rings. The van der Waals surface area contributed by atoms with Crippen molar-refractivity contribution in [1.29, 1.82) is 0 Å². The summed E-state index contributed by atoms with van der Waals surface area (Å²) >= 11 is 6.21. The van der Waals surface area contributed by atoms with E-state index in [1.54, 1.807) is 0 Å². The zero-order chi connectivity index (χ0) is 27.9. The molecular weight excluding hydrogens is 501 g/mol. The van der Waals surface area contributed by atoms with Crippen LogP contribution in [0.5, 0.6) is 0 Å². The number of thiol groups is 2. The highest BCUT2D eigenvalue weighted by molar-refractivity contribution is 7.96. The van der Waals surface area contributed by atoms with Crippen LogP contribution >= 0.6 is 25.3 Å². The number of nitrogens with two attached hydrogens (primary N) is 2. The van der Waals surface area contributed by atoms with E-state index in [0.29, 0.717) is 19.8 Å². The number of hydrogen-bond acceptors (Lipinski definition) is 5. The fourth-order valence-corrected chi connectivity index (χ4v) is 2.50. The second kappa shape index (κ2) is 34.3. The van der Waals surface area contributed by atoms with E-state index >= 15 is 0 Å². The second-order valence-corrected chi connectivity index (χ2v) is 8.49. The van der Waals surface area contributed by atoms with Crippen molar-refractivity contribution in [2.24, 2.45) is 11.5 Å². The largest absolute Gasteiger partial charge is 0.577 e. The molecule has 0 aliphatic heterocycles. The van der Waals surface area contributed by atoms with Crippen molar-refractivity contribution in [1.82, 2.24) is 0 Å². The zero-order valence-electron chi connectivity index (χ0n) is 22.2. The Morgan fingerprint density at radius 3 is 0.971 bits per heavy atom. The summed E-state index contributed by atoms with van der Waals surface area (Å²) < 4.78 is 15.5. The maximum Gasteiger partial charge on any atom is 0.577 e. The van der Waals surface area contributed by atoms with Gasteiger partial charge < -0.3 is 24.7 Å². The molecule has 2 amide bonds. The Balaban J connectivity index is -0.000000173. The van der Waals surface area contributed by atoms with Gasteiger partial charge >= 0.3 is 9.53 Å². The third kappa shape index (κ3) is 54.5. The van der Waals surface area contributed by atoms with Gasteiger partial charge in [-0.1, -0.05) is 117 Å². The Kier molecular flexibility index (Phi) is 39.6. The molecule has 0 aliphatic carbocycles. The Hall–Kier alpha value is -1.82. The molecule has 4 N–H and O–H groups in total. The fourth-order valence-electron chi connectivity index (χ4n) is 1.55.